The van der Waals surface area contributed by atoms with Crippen LogP contribution in [0, 0.1) is 0 Å². The third-order valence-corrected chi connectivity index (χ3v) is 1.72. The summed E-state index contributed by atoms with van der Waals surface area (Å²) in [4.78, 5) is 11.0. The average Bonchev–Trinajstić information content (AvgIpc) is 2.17. The summed E-state index contributed by atoms with van der Waals surface area (Å²) in [6.45, 7) is 0. The largest absolute Gasteiger partial charge is 0.340 e. The highest BCUT2D eigenvalue weighted by Crippen LogP contribution is 2.14. The second-order valence-corrected chi connectivity index (χ2v) is 2.51. The van der Waals surface area contributed by atoms with Gasteiger partial charge in [-0.2, -0.15) is 0 Å². The van der Waals surface area contributed by atoms with E-state index in [0.29, 0.717) is 5.69 Å². The molecule has 0 aliphatic rings. The summed E-state index contributed by atoms with van der Waals surface area (Å²) in [6.07, 6.45) is 0. The zero-order valence-corrected chi connectivity index (χ0v) is 7.38. The molecule has 0 aliphatic carbocycles. The van der Waals surface area contributed by atoms with Gasteiger partial charge in [-0.3, -0.25) is 0 Å². The van der Waals surface area contributed by atoms with Gasteiger partial charge in [-0.15, -0.1) is 0 Å². The first kappa shape index (κ1) is 8.87. The lowest BCUT2D eigenvalue weighted by Gasteiger charge is -2.12. The Kier molecular flexibility index (Phi) is 2.94. The van der Waals surface area contributed by atoms with E-state index in [1.165, 1.54) is 7.05 Å². The summed E-state index contributed by atoms with van der Waals surface area (Å²) >= 11 is 5.68. The molecular formula is C8H9ClN2O. The molecule has 0 spiro atoms. The van der Waals surface area contributed by atoms with Crippen molar-refractivity contribution in [2.24, 2.45) is 0 Å². The molecule has 1 N–H and O–H groups in total. The van der Waals surface area contributed by atoms with E-state index < -0.39 is 0 Å². The molecule has 0 unspecified atom stereocenters. The van der Waals surface area contributed by atoms with Crippen LogP contribution in [-0.4, -0.2) is 13.1 Å². The van der Waals surface area contributed by atoms with Crippen LogP contribution in [0.15, 0.2) is 30.3 Å². The highest BCUT2D eigenvalue weighted by molar-refractivity contribution is 6.36. The summed E-state index contributed by atoms with van der Waals surface area (Å²) < 4.78 is 1.03. The number of para-hydroxylation sites is 1. The minimum Gasteiger partial charge on any atom is -0.340 e. The highest BCUT2D eigenvalue weighted by atomic mass is 35.5. The van der Waals surface area contributed by atoms with Crippen molar-refractivity contribution < 1.29 is 4.79 Å². The number of halogens is 1. The van der Waals surface area contributed by atoms with E-state index in [2.05, 4.69) is 5.32 Å². The highest BCUT2D eigenvalue weighted by Gasteiger charge is 2.09. The van der Waals surface area contributed by atoms with Crippen molar-refractivity contribution in [1.82, 2.24) is 5.32 Å². The number of nitrogens with zero attached hydrogens (tertiary/aromatic N) is 1. The smallest absolute Gasteiger partial charge is 0.336 e. The number of rotatable bonds is 1. The maximum atomic E-state index is 11.0. The van der Waals surface area contributed by atoms with Crippen molar-refractivity contribution in [3.63, 3.8) is 0 Å². The molecule has 0 heterocycles. The zero-order valence-electron chi connectivity index (χ0n) is 6.62. The number of hydrogen-bond donors (Lipinski definition) is 1. The Morgan fingerprint density at radius 3 is 2.50 bits per heavy atom. The van der Waals surface area contributed by atoms with Gasteiger partial charge in [0.1, 0.15) is 0 Å². The summed E-state index contributed by atoms with van der Waals surface area (Å²) in [6, 6.07) is 8.65. The van der Waals surface area contributed by atoms with Crippen LogP contribution in [0.3, 0.4) is 0 Å². The van der Waals surface area contributed by atoms with Crippen LogP contribution in [0.5, 0.6) is 0 Å². The number of carbonyl (C=O) groups excluding carboxylic acids is 1. The third-order valence-electron chi connectivity index (χ3n) is 1.38. The number of carbonyl (C=O) groups is 1. The van der Waals surface area contributed by atoms with Crippen LogP contribution < -0.4 is 9.74 Å². The summed E-state index contributed by atoms with van der Waals surface area (Å²) in [5.41, 5.74) is 0.651. The topological polar surface area (TPSA) is 32.3 Å². The fourth-order valence-corrected chi connectivity index (χ4v) is 0.971. The molecular weight excluding hydrogens is 176 g/mol. The standard InChI is InChI=1S/C8H9ClN2O/c1-10-8(12)11(9)7-5-3-2-4-6-7/h2-6H,1H3,(H,10,12). The van der Waals surface area contributed by atoms with Gasteiger partial charge >= 0.3 is 6.03 Å². The first-order valence-electron chi connectivity index (χ1n) is 3.48. The van der Waals surface area contributed by atoms with Crippen molar-refractivity contribution in [2.75, 3.05) is 11.5 Å². The van der Waals surface area contributed by atoms with Crippen LogP contribution in [0.25, 0.3) is 0 Å². The van der Waals surface area contributed by atoms with Crippen LogP contribution >= 0.6 is 11.8 Å². The minimum atomic E-state index is -0.345. The lowest BCUT2D eigenvalue weighted by molar-refractivity contribution is 0.251. The first-order valence-corrected chi connectivity index (χ1v) is 3.82. The van der Waals surface area contributed by atoms with E-state index in [1.54, 1.807) is 12.1 Å². The molecule has 0 aliphatic heterocycles. The van der Waals surface area contributed by atoms with Gasteiger partial charge in [-0.1, -0.05) is 18.2 Å². The van der Waals surface area contributed by atoms with Crippen molar-refractivity contribution >= 4 is 23.5 Å². The maximum Gasteiger partial charge on any atom is 0.336 e. The predicted octanol–water partition coefficient (Wildman–Crippen LogP) is 1.99. The predicted molar refractivity (Wildman–Crippen MR) is 49.2 cm³/mol. The van der Waals surface area contributed by atoms with Crippen molar-refractivity contribution in [2.45, 2.75) is 0 Å². The molecule has 0 radical (unpaired) electrons. The molecule has 2 amide bonds. The van der Waals surface area contributed by atoms with Gasteiger partial charge in [0.25, 0.3) is 0 Å². The Morgan fingerprint density at radius 1 is 1.42 bits per heavy atom. The lowest BCUT2D eigenvalue weighted by atomic mass is 10.3. The van der Waals surface area contributed by atoms with E-state index in [9.17, 15) is 4.79 Å². The van der Waals surface area contributed by atoms with Crippen LogP contribution in [0.1, 0.15) is 0 Å². The third kappa shape index (κ3) is 1.89. The van der Waals surface area contributed by atoms with Gasteiger partial charge < -0.3 is 5.32 Å². The monoisotopic (exact) mass is 184 g/mol. The number of amides is 2. The van der Waals surface area contributed by atoms with Crippen LogP contribution in [-0.2, 0) is 0 Å². The Morgan fingerprint density at radius 2 is 2.00 bits per heavy atom. The van der Waals surface area contributed by atoms with Crippen LogP contribution in [0.4, 0.5) is 10.5 Å². The Labute approximate surface area is 76.0 Å². The SMILES string of the molecule is CNC(=O)N(Cl)c1ccccc1. The molecule has 1 rings (SSSR count). The molecule has 4 heteroatoms. The average molecular weight is 185 g/mol. The summed E-state index contributed by atoms with van der Waals surface area (Å²) in [7, 11) is 1.53. The zero-order chi connectivity index (χ0) is 8.97. The molecule has 1 aromatic carbocycles. The lowest BCUT2D eigenvalue weighted by Crippen LogP contribution is -2.30. The fraction of sp³-hybridized carbons (Fsp3) is 0.125. The molecule has 0 saturated heterocycles. The quantitative estimate of drug-likeness (QED) is 0.666. The van der Waals surface area contributed by atoms with Gasteiger partial charge in [0.05, 0.1) is 5.69 Å². The molecule has 0 bridgehead atoms. The summed E-state index contributed by atoms with van der Waals surface area (Å²) in [5, 5.41) is 2.42. The van der Waals surface area contributed by atoms with E-state index in [0.717, 1.165) is 4.42 Å². The van der Waals surface area contributed by atoms with Crippen LogP contribution in [0.2, 0.25) is 0 Å². The molecule has 12 heavy (non-hydrogen) atoms. The molecule has 3 nitrogen and oxygen atoms in total. The number of urea groups is 1. The Balaban J connectivity index is 2.78. The minimum absolute atomic E-state index is 0.345. The maximum absolute atomic E-state index is 11.0. The summed E-state index contributed by atoms with van der Waals surface area (Å²) in [5.74, 6) is 0. The van der Waals surface area contributed by atoms with Crippen molar-refractivity contribution in [3.8, 4) is 0 Å². The van der Waals surface area contributed by atoms with Gasteiger partial charge in [0.15, 0.2) is 0 Å². The number of hydrogen-bond acceptors (Lipinski definition) is 1. The van der Waals surface area contributed by atoms with E-state index in [-0.39, 0.29) is 6.03 Å². The molecule has 0 atom stereocenters. The molecule has 0 fully saturated rings. The molecule has 0 saturated carbocycles. The molecule has 64 valence electrons. The van der Waals surface area contributed by atoms with Crippen molar-refractivity contribution in [3.05, 3.63) is 30.3 Å². The fourth-order valence-electron chi connectivity index (χ4n) is 0.774. The Bertz CT molecular complexity index is 263. The number of anilines is 1. The Hall–Kier alpha value is -1.22. The van der Waals surface area contributed by atoms with E-state index in [1.807, 2.05) is 18.2 Å². The van der Waals surface area contributed by atoms with Gasteiger partial charge in [-0.25, -0.2) is 9.21 Å². The normalized spacial score (nSPS) is 9.17. The molecule has 1 aromatic rings. The first-order chi connectivity index (χ1) is 5.75. The van der Waals surface area contributed by atoms with E-state index >= 15 is 0 Å². The second kappa shape index (κ2) is 3.97. The second-order valence-electron chi connectivity index (χ2n) is 2.17. The van der Waals surface area contributed by atoms with Crippen molar-refractivity contribution in [1.29, 1.82) is 0 Å². The number of benzene rings is 1. The van der Waals surface area contributed by atoms with E-state index in [4.69, 9.17) is 11.8 Å². The number of nitrogens with one attached hydrogen (secondary N) is 1. The van der Waals surface area contributed by atoms with Gasteiger partial charge in [0, 0.05) is 18.8 Å². The molecule has 0 aromatic heterocycles. The van der Waals surface area contributed by atoms with Gasteiger partial charge in [0.2, 0.25) is 0 Å². The van der Waals surface area contributed by atoms with Gasteiger partial charge in [-0.05, 0) is 12.1 Å².